The van der Waals surface area contributed by atoms with E-state index >= 15 is 0 Å². The summed E-state index contributed by atoms with van der Waals surface area (Å²) in [5.41, 5.74) is 0. The maximum atomic E-state index is 11.5. The molecule has 0 atom stereocenters. The van der Waals surface area contributed by atoms with Crippen LogP contribution in [0.3, 0.4) is 0 Å². The van der Waals surface area contributed by atoms with Gasteiger partial charge in [-0.3, -0.25) is 0 Å². The van der Waals surface area contributed by atoms with Crippen molar-refractivity contribution in [2.24, 2.45) is 17.8 Å². The Morgan fingerprint density at radius 2 is 1.55 bits per heavy atom. The molecule has 1 heterocycles. The summed E-state index contributed by atoms with van der Waals surface area (Å²) in [5.74, 6) is 2.58. The second-order valence-corrected chi connectivity index (χ2v) is 8.97. The Balaban J connectivity index is 1.72. The van der Waals surface area contributed by atoms with Gasteiger partial charge in [0.25, 0.3) is 0 Å². The lowest BCUT2D eigenvalue weighted by molar-refractivity contribution is 0.132. The summed E-state index contributed by atoms with van der Waals surface area (Å²) in [4.78, 5) is 2.46. The lowest BCUT2D eigenvalue weighted by Gasteiger charge is -2.37. The molecular formula is C15H30N2O2S. The molecule has 0 aromatic heterocycles. The maximum absolute atomic E-state index is 11.5. The number of hydrogen-bond acceptors (Lipinski definition) is 3. The molecule has 0 radical (unpaired) electrons. The van der Waals surface area contributed by atoms with Crippen molar-refractivity contribution in [3.8, 4) is 0 Å². The van der Waals surface area contributed by atoms with Gasteiger partial charge in [0.05, 0.1) is 6.26 Å². The highest BCUT2D eigenvalue weighted by atomic mass is 32.2. The number of nitrogens with zero attached hydrogens (tertiary/aromatic N) is 2. The van der Waals surface area contributed by atoms with Gasteiger partial charge in [0, 0.05) is 32.7 Å². The Hall–Kier alpha value is -0.130. The molecule has 0 N–H and O–H groups in total. The fraction of sp³-hybridized carbons (Fsp3) is 1.00. The molecule has 2 rings (SSSR count). The van der Waals surface area contributed by atoms with Gasteiger partial charge < -0.3 is 4.90 Å². The molecule has 5 heteroatoms. The van der Waals surface area contributed by atoms with E-state index in [-0.39, 0.29) is 0 Å². The van der Waals surface area contributed by atoms with E-state index in [2.05, 4.69) is 18.7 Å². The van der Waals surface area contributed by atoms with Gasteiger partial charge in [-0.2, -0.15) is 4.31 Å². The zero-order chi connectivity index (χ0) is 14.8. The standard InChI is InChI=1S/C15H30N2O2S/c1-13(2)15-6-4-14(5-7-15)12-16-8-10-17(11-9-16)20(3,18)19/h13-15H,4-12H2,1-3H3/t14-,15+. The summed E-state index contributed by atoms with van der Waals surface area (Å²) in [5, 5.41) is 0. The van der Waals surface area contributed by atoms with Crippen molar-refractivity contribution in [2.75, 3.05) is 39.0 Å². The number of hydrogen-bond donors (Lipinski definition) is 0. The molecule has 0 aromatic carbocycles. The number of sulfonamides is 1. The minimum Gasteiger partial charge on any atom is -0.300 e. The van der Waals surface area contributed by atoms with E-state index < -0.39 is 10.0 Å². The quantitative estimate of drug-likeness (QED) is 0.798. The third-order valence-electron chi connectivity index (χ3n) is 5.15. The van der Waals surface area contributed by atoms with Crippen LogP contribution >= 0.6 is 0 Å². The van der Waals surface area contributed by atoms with Gasteiger partial charge in [0.15, 0.2) is 0 Å². The number of piperazine rings is 1. The molecule has 0 aromatic rings. The van der Waals surface area contributed by atoms with Crippen LogP contribution in [-0.2, 0) is 10.0 Å². The summed E-state index contributed by atoms with van der Waals surface area (Å²) in [6.45, 7) is 8.99. The summed E-state index contributed by atoms with van der Waals surface area (Å²) >= 11 is 0. The largest absolute Gasteiger partial charge is 0.300 e. The molecule has 118 valence electrons. The summed E-state index contributed by atoms with van der Waals surface area (Å²) in [6.07, 6.45) is 6.79. The first-order valence-corrected chi connectivity index (χ1v) is 9.88. The summed E-state index contributed by atoms with van der Waals surface area (Å²) in [7, 11) is -2.99. The van der Waals surface area contributed by atoms with E-state index in [1.54, 1.807) is 4.31 Å². The average molecular weight is 302 g/mol. The van der Waals surface area contributed by atoms with E-state index in [0.717, 1.165) is 30.8 Å². The topological polar surface area (TPSA) is 40.6 Å². The molecule has 0 unspecified atom stereocenters. The van der Waals surface area contributed by atoms with Gasteiger partial charge in [0.1, 0.15) is 0 Å². The fourth-order valence-corrected chi connectivity index (χ4v) is 4.47. The van der Waals surface area contributed by atoms with E-state index in [0.29, 0.717) is 13.1 Å². The average Bonchev–Trinajstić information content (AvgIpc) is 2.39. The van der Waals surface area contributed by atoms with Crippen LogP contribution in [0.25, 0.3) is 0 Å². The maximum Gasteiger partial charge on any atom is 0.211 e. The van der Waals surface area contributed by atoms with Gasteiger partial charge in [0.2, 0.25) is 10.0 Å². The second kappa shape index (κ2) is 6.75. The fourth-order valence-electron chi connectivity index (χ4n) is 3.65. The highest BCUT2D eigenvalue weighted by molar-refractivity contribution is 7.88. The highest BCUT2D eigenvalue weighted by Crippen LogP contribution is 2.33. The minimum absolute atomic E-state index is 0.667. The van der Waals surface area contributed by atoms with Crippen LogP contribution < -0.4 is 0 Å². The molecular weight excluding hydrogens is 272 g/mol. The molecule has 1 saturated carbocycles. The Morgan fingerprint density at radius 3 is 2.00 bits per heavy atom. The van der Waals surface area contributed by atoms with Gasteiger partial charge in [-0.1, -0.05) is 13.8 Å². The van der Waals surface area contributed by atoms with E-state index in [1.807, 2.05) is 0 Å². The molecule has 1 saturated heterocycles. The van der Waals surface area contributed by atoms with Crippen molar-refractivity contribution in [1.29, 1.82) is 0 Å². The molecule has 20 heavy (non-hydrogen) atoms. The van der Waals surface area contributed by atoms with E-state index in [4.69, 9.17) is 0 Å². The summed E-state index contributed by atoms with van der Waals surface area (Å²) < 4.78 is 24.6. The zero-order valence-electron chi connectivity index (χ0n) is 13.2. The van der Waals surface area contributed by atoms with Gasteiger partial charge in [-0.05, 0) is 43.4 Å². The van der Waals surface area contributed by atoms with Crippen LogP contribution in [-0.4, -0.2) is 56.6 Å². The van der Waals surface area contributed by atoms with Gasteiger partial charge in [-0.15, -0.1) is 0 Å². The first-order chi connectivity index (χ1) is 9.36. The van der Waals surface area contributed by atoms with Gasteiger partial charge >= 0.3 is 0 Å². The lowest BCUT2D eigenvalue weighted by atomic mass is 9.77. The predicted octanol–water partition coefficient (Wildman–Crippen LogP) is 2.03. The van der Waals surface area contributed by atoms with Crippen molar-refractivity contribution in [3.63, 3.8) is 0 Å². The Bertz CT molecular complexity index is 392. The van der Waals surface area contributed by atoms with Crippen LogP contribution in [0.5, 0.6) is 0 Å². The molecule has 1 aliphatic carbocycles. The van der Waals surface area contributed by atoms with Crippen LogP contribution in [0.1, 0.15) is 39.5 Å². The summed E-state index contributed by atoms with van der Waals surface area (Å²) in [6, 6.07) is 0. The van der Waals surface area contributed by atoms with Crippen molar-refractivity contribution in [2.45, 2.75) is 39.5 Å². The highest BCUT2D eigenvalue weighted by Gasteiger charge is 2.27. The Labute approximate surface area is 124 Å². The molecule has 2 fully saturated rings. The Morgan fingerprint density at radius 1 is 1.00 bits per heavy atom. The van der Waals surface area contributed by atoms with E-state index in [1.165, 1.54) is 38.5 Å². The zero-order valence-corrected chi connectivity index (χ0v) is 14.0. The second-order valence-electron chi connectivity index (χ2n) is 6.99. The SMILES string of the molecule is CC(C)[C@H]1CC[C@@H](CN2CCN(S(C)(=O)=O)CC2)CC1. The smallest absolute Gasteiger partial charge is 0.211 e. The van der Waals surface area contributed by atoms with Crippen LogP contribution in [0, 0.1) is 17.8 Å². The molecule has 0 amide bonds. The molecule has 1 aliphatic heterocycles. The minimum atomic E-state index is -2.99. The third-order valence-corrected chi connectivity index (χ3v) is 6.45. The Kier molecular flexibility index (Phi) is 5.49. The first kappa shape index (κ1) is 16.2. The van der Waals surface area contributed by atoms with Crippen molar-refractivity contribution < 1.29 is 8.42 Å². The van der Waals surface area contributed by atoms with Crippen LogP contribution in [0.2, 0.25) is 0 Å². The predicted molar refractivity (Wildman–Crippen MR) is 83.1 cm³/mol. The third kappa shape index (κ3) is 4.43. The molecule has 4 nitrogen and oxygen atoms in total. The molecule has 2 aliphatic rings. The van der Waals surface area contributed by atoms with Crippen LogP contribution in [0.15, 0.2) is 0 Å². The van der Waals surface area contributed by atoms with Crippen molar-refractivity contribution >= 4 is 10.0 Å². The molecule has 0 spiro atoms. The van der Waals surface area contributed by atoms with Crippen molar-refractivity contribution in [1.82, 2.24) is 9.21 Å². The monoisotopic (exact) mass is 302 g/mol. The normalized spacial score (nSPS) is 30.8. The number of rotatable bonds is 4. The van der Waals surface area contributed by atoms with Gasteiger partial charge in [-0.25, -0.2) is 8.42 Å². The van der Waals surface area contributed by atoms with E-state index in [9.17, 15) is 8.42 Å². The first-order valence-electron chi connectivity index (χ1n) is 8.03. The van der Waals surface area contributed by atoms with Crippen molar-refractivity contribution in [3.05, 3.63) is 0 Å². The molecule has 0 bridgehead atoms. The lowest BCUT2D eigenvalue weighted by Crippen LogP contribution is -2.49. The van der Waals surface area contributed by atoms with Crippen LogP contribution in [0.4, 0.5) is 0 Å².